The molecule has 1 aliphatic carbocycles. The molecule has 51 heavy (non-hydrogen) atoms. The Bertz CT molecular complexity index is 1850. The summed E-state index contributed by atoms with van der Waals surface area (Å²) in [6.45, 7) is 6.66. The van der Waals surface area contributed by atoms with Crippen LogP contribution in [0, 0.1) is 5.82 Å². The van der Waals surface area contributed by atoms with Crippen molar-refractivity contribution in [3.63, 3.8) is 0 Å². The fraction of sp³-hybridized carbons (Fsp3) is 0.457. The van der Waals surface area contributed by atoms with Gasteiger partial charge >= 0.3 is 6.03 Å². The fourth-order valence-electron chi connectivity index (χ4n) is 6.39. The molecule has 2 aromatic rings. The normalized spacial score (nSPS) is 21.2. The topological polar surface area (TPSA) is 123 Å². The number of halogens is 4. The number of urea groups is 1. The zero-order chi connectivity index (χ0) is 37.1. The van der Waals surface area contributed by atoms with E-state index in [1.54, 1.807) is 19.1 Å². The van der Waals surface area contributed by atoms with Crippen LogP contribution in [0.1, 0.15) is 58.4 Å². The highest BCUT2D eigenvalue weighted by molar-refractivity contribution is 8.03. The molecule has 5 rings (SSSR count). The van der Waals surface area contributed by atoms with E-state index in [2.05, 4.69) is 5.32 Å². The minimum atomic E-state index is -4.40. The van der Waals surface area contributed by atoms with Crippen molar-refractivity contribution in [1.82, 2.24) is 10.0 Å². The summed E-state index contributed by atoms with van der Waals surface area (Å²) in [7, 11) is -3.03. The number of carbonyl (C=O) groups excluding carboxylic acids is 1. The number of methoxy groups -OCH3 is 1. The number of sulfonamides is 1. The number of alkyl halides is 1. The summed E-state index contributed by atoms with van der Waals surface area (Å²) in [4.78, 5) is 15.2. The molecule has 2 atom stereocenters. The van der Waals surface area contributed by atoms with Gasteiger partial charge in [-0.25, -0.2) is 31.1 Å². The number of nitrogens with one attached hydrogen (secondary N) is 2. The van der Waals surface area contributed by atoms with Crippen molar-refractivity contribution in [3.05, 3.63) is 87.1 Å². The minimum Gasteiger partial charge on any atom is -0.494 e. The van der Waals surface area contributed by atoms with E-state index in [4.69, 9.17) is 26.2 Å². The minimum absolute atomic E-state index is 0.0215. The molecule has 1 fully saturated rings. The van der Waals surface area contributed by atoms with Crippen molar-refractivity contribution in [1.29, 1.82) is 0 Å². The Labute approximate surface area is 310 Å². The Kier molecular flexibility index (Phi) is 12.4. The van der Waals surface area contributed by atoms with E-state index < -0.39 is 62.9 Å². The first kappa shape index (κ1) is 39.4. The Morgan fingerprint density at radius 3 is 2.55 bits per heavy atom. The van der Waals surface area contributed by atoms with Crippen LogP contribution in [0.15, 0.2) is 75.6 Å². The number of hydrogen-bond acceptors (Lipinski definition) is 9. The number of benzene rings is 2. The summed E-state index contributed by atoms with van der Waals surface area (Å²) >= 11 is 8.76. The maximum atomic E-state index is 15.7. The first-order valence-electron chi connectivity index (χ1n) is 16.4. The number of nitrogens with two attached hydrogens (primary N) is 1. The van der Waals surface area contributed by atoms with Crippen LogP contribution in [-0.2, 0) is 20.2 Å². The van der Waals surface area contributed by atoms with Gasteiger partial charge in [-0.2, -0.15) is 0 Å². The number of amides is 2. The van der Waals surface area contributed by atoms with Gasteiger partial charge in [-0.05, 0) is 74.0 Å². The van der Waals surface area contributed by atoms with Gasteiger partial charge in [-0.3, -0.25) is 5.14 Å². The largest absolute Gasteiger partial charge is 0.494 e. The second-order valence-electron chi connectivity index (χ2n) is 13.4. The molecule has 0 aromatic heterocycles. The van der Waals surface area contributed by atoms with Crippen LogP contribution < -0.4 is 24.8 Å². The van der Waals surface area contributed by atoms with Crippen LogP contribution >= 0.6 is 35.3 Å². The Hall–Kier alpha value is -2.82. The molecule has 0 spiro atoms. The Morgan fingerprint density at radius 2 is 1.90 bits per heavy atom. The molecule has 2 aromatic carbocycles. The molecule has 2 amide bonds. The second kappa shape index (κ2) is 16.0. The molecule has 3 aliphatic rings. The van der Waals surface area contributed by atoms with Gasteiger partial charge in [0, 0.05) is 65.0 Å². The number of rotatable bonds is 11. The maximum absolute atomic E-state index is 15.7. The summed E-state index contributed by atoms with van der Waals surface area (Å²) in [6.07, 6.45) is 2.46. The number of hydrogen-bond donors (Lipinski definition) is 3. The molecule has 0 bridgehead atoms. The molecule has 1 saturated heterocycles. The number of ether oxygens (including phenoxy) is 2. The summed E-state index contributed by atoms with van der Waals surface area (Å²) < 4.78 is 84.7. The average Bonchev–Trinajstić information content (AvgIpc) is 3.07. The second-order valence-corrected chi connectivity index (χ2v) is 17.5. The third-order valence-electron chi connectivity index (χ3n) is 9.54. The zero-order valence-electron chi connectivity index (χ0n) is 28.7. The molecule has 0 radical (unpaired) electrons. The van der Waals surface area contributed by atoms with Gasteiger partial charge in [-0.15, -0.1) is 11.8 Å². The molecular weight excluding hydrogens is 745 g/mol. The number of anilines is 1. The van der Waals surface area contributed by atoms with E-state index in [1.807, 2.05) is 53.8 Å². The summed E-state index contributed by atoms with van der Waals surface area (Å²) in [6, 6.07) is 9.12. The number of nitrogens with zero attached hydrogens (tertiary/aromatic N) is 1. The predicted octanol–water partition coefficient (Wildman–Crippen LogP) is 8.02. The molecule has 2 aliphatic heterocycles. The van der Waals surface area contributed by atoms with Gasteiger partial charge < -0.3 is 19.7 Å². The predicted molar refractivity (Wildman–Crippen MR) is 198 cm³/mol. The first-order chi connectivity index (χ1) is 24.1. The molecule has 278 valence electrons. The van der Waals surface area contributed by atoms with Crippen LogP contribution in [-0.4, -0.2) is 57.5 Å². The molecule has 2 unspecified atom stereocenters. The van der Waals surface area contributed by atoms with E-state index >= 15 is 8.78 Å². The number of carbonyl (C=O) groups is 1. The van der Waals surface area contributed by atoms with Crippen LogP contribution in [0.25, 0.3) is 0 Å². The third-order valence-corrected chi connectivity index (χ3v) is 13.4. The Balaban J connectivity index is 1.37. The van der Waals surface area contributed by atoms with Gasteiger partial charge in [0.25, 0.3) is 0 Å². The molecule has 0 saturated carbocycles. The highest BCUT2D eigenvalue weighted by Gasteiger charge is 2.40. The van der Waals surface area contributed by atoms with Crippen molar-refractivity contribution >= 4 is 57.1 Å². The standard InChI is InChI=1S/C35H42ClF3N4O5S3/c1-34(2,21-8-11-30(50-40)25(36)16-21)31-6-5-7-32(43(31)22-9-10-26(37)29(17-22)47-4)49-20-24-27(38)18-23(19-28(24)39)51(45,46)42-33(44)41-35(3)12-14-48-15-13-35/h6-11,16-17,23,27H,5,12-15,18-20,40H2,1-4H3,(H2,41,42,44). The van der Waals surface area contributed by atoms with E-state index in [9.17, 15) is 17.6 Å². The fourth-order valence-corrected chi connectivity index (χ4v) is 9.48. The number of allylic oxidation sites excluding steroid dienone is 4. The van der Waals surface area contributed by atoms with Crippen molar-refractivity contribution in [2.75, 3.05) is 31.0 Å². The van der Waals surface area contributed by atoms with Gasteiger partial charge in [-0.1, -0.05) is 37.6 Å². The van der Waals surface area contributed by atoms with Crippen molar-refractivity contribution < 1.29 is 35.9 Å². The van der Waals surface area contributed by atoms with E-state index in [-0.39, 0.29) is 17.1 Å². The first-order valence-corrected chi connectivity index (χ1v) is 20.1. The van der Waals surface area contributed by atoms with Gasteiger partial charge in [0.05, 0.1) is 28.1 Å². The lowest BCUT2D eigenvalue weighted by Gasteiger charge is -2.41. The van der Waals surface area contributed by atoms with Gasteiger partial charge in [0.15, 0.2) is 11.6 Å². The summed E-state index contributed by atoms with van der Waals surface area (Å²) in [5.41, 5.74) is 0.777. The molecule has 2 heterocycles. The lowest BCUT2D eigenvalue weighted by Crippen LogP contribution is -2.55. The van der Waals surface area contributed by atoms with Crippen LogP contribution in [0.3, 0.4) is 0 Å². The van der Waals surface area contributed by atoms with Crippen LogP contribution in [0.4, 0.5) is 23.7 Å². The SMILES string of the molecule is COc1cc(N2C(SCC3=C(F)CC(S(=O)(=O)NC(=O)NC4(C)CCOCC4)CC3F)=CCC=C2C(C)(C)c2ccc(SN)c(Cl)c2)ccc1F. The lowest BCUT2D eigenvalue weighted by molar-refractivity contribution is 0.0495. The lowest BCUT2D eigenvalue weighted by atomic mass is 9.79. The van der Waals surface area contributed by atoms with E-state index in [0.29, 0.717) is 53.1 Å². The monoisotopic (exact) mass is 786 g/mol. The maximum Gasteiger partial charge on any atom is 0.328 e. The van der Waals surface area contributed by atoms with Gasteiger partial charge in [0.2, 0.25) is 10.0 Å². The molecule has 16 heteroatoms. The quantitative estimate of drug-likeness (QED) is 0.195. The Morgan fingerprint density at radius 1 is 1.18 bits per heavy atom. The highest BCUT2D eigenvalue weighted by Crippen LogP contribution is 2.46. The third kappa shape index (κ3) is 8.87. The van der Waals surface area contributed by atoms with Gasteiger partial charge in [0.1, 0.15) is 12.0 Å². The number of thioether (sulfide) groups is 1. The van der Waals surface area contributed by atoms with Crippen molar-refractivity contribution in [2.45, 2.75) is 80.1 Å². The molecular formula is C35H42ClF3N4O5S3. The average molecular weight is 787 g/mol. The van der Waals surface area contributed by atoms with E-state index in [1.165, 1.54) is 24.9 Å². The van der Waals surface area contributed by atoms with Crippen molar-refractivity contribution in [3.8, 4) is 5.75 Å². The molecule has 4 N–H and O–H groups in total. The highest BCUT2D eigenvalue weighted by atomic mass is 35.5. The molecule has 9 nitrogen and oxygen atoms in total. The van der Waals surface area contributed by atoms with Crippen molar-refractivity contribution in [2.24, 2.45) is 5.14 Å². The van der Waals surface area contributed by atoms with Crippen LogP contribution in [0.2, 0.25) is 5.02 Å². The smallest absolute Gasteiger partial charge is 0.328 e. The summed E-state index contributed by atoms with van der Waals surface area (Å²) in [5.74, 6) is -1.51. The van der Waals surface area contributed by atoms with E-state index in [0.717, 1.165) is 23.2 Å². The zero-order valence-corrected chi connectivity index (χ0v) is 31.9. The van der Waals surface area contributed by atoms with Crippen LogP contribution in [0.5, 0.6) is 5.75 Å². The summed E-state index contributed by atoms with van der Waals surface area (Å²) in [5, 5.41) is 8.08.